The van der Waals surface area contributed by atoms with E-state index in [4.69, 9.17) is 28.9 Å². The Kier molecular flexibility index (Phi) is 11.9. The largest absolute Gasteiger partial charge is 0.509 e. The molecular formula is C44H58N4O8. The average molecular weight is 771 g/mol. The summed E-state index contributed by atoms with van der Waals surface area (Å²) in [6, 6.07) is 12.2. The van der Waals surface area contributed by atoms with Gasteiger partial charge in [-0.2, -0.15) is 4.90 Å². The number of rotatable bonds is 9. The van der Waals surface area contributed by atoms with Crippen molar-refractivity contribution < 1.29 is 38.1 Å². The van der Waals surface area contributed by atoms with E-state index in [0.29, 0.717) is 48.1 Å². The summed E-state index contributed by atoms with van der Waals surface area (Å²) < 4.78 is 25.0. The van der Waals surface area contributed by atoms with Gasteiger partial charge in [0.2, 0.25) is 0 Å². The molecule has 1 aliphatic carbocycles. The summed E-state index contributed by atoms with van der Waals surface area (Å²) in [6.07, 6.45) is 1.86. The molecule has 2 aromatic heterocycles. The average Bonchev–Trinajstić information content (AvgIpc) is 3.38. The molecule has 302 valence electrons. The summed E-state index contributed by atoms with van der Waals surface area (Å²) in [5.74, 6) is 0.873. The molecule has 5 rings (SSSR count). The molecule has 0 radical (unpaired) electrons. The number of aryl methyl sites for hydroxylation is 2. The van der Waals surface area contributed by atoms with Crippen molar-refractivity contribution in [3.63, 3.8) is 0 Å². The Bertz CT molecular complexity index is 2120. The lowest BCUT2D eigenvalue weighted by atomic mass is 9.88. The second-order valence-electron chi connectivity index (χ2n) is 18.3. The number of imide groups is 1. The fraction of sp³-hybridized carbons (Fsp3) is 0.545. The summed E-state index contributed by atoms with van der Waals surface area (Å²) in [5, 5.41) is 0.722. The van der Waals surface area contributed by atoms with Crippen molar-refractivity contribution >= 4 is 51.9 Å². The normalized spacial score (nSPS) is 13.8. The fourth-order valence-corrected chi connectivity index (χ4v) is 6.71. The molecule has 0 spiro atoms. The number of hydrogen-bond acceptors (Lipinski definition) is 10. The van der Waals surface area contributed by atoms with Gasteiger partial charge in [0, 0.05) is 24.6 Å². The van der Waals surface area contributed by atoms with E-state index in [-0.39, 0.29) is 18.1 Å². The van der Waals surface area contributed by atoms with E-state index in [0.717, 1.165) is 46.2 Å². The minimum atomic E-state index is -1.07. The monoisotopic (exact) mass is 770 g/mol. The Balaban J connectivity index is 1.75. The number of nitrogens with zero attached hydrogens (tertiary/aromatic N) is 4. The standard InChI is InChI=1S/C44H58N4O8/c1-13-14-15-34-46-35-36(47(34)26-44(11,12)56-40(52)55-43(8,9)10)32-21-17-28(22-27-16-18-29-19-20-31(49)25-30(29)23-27)24-33(32)45-37(35)48(38(50)53-41(2,3)4)39(51)54-42(5,6)7/h16-18,21,23-24H,13-15,19-20,22,25-26H2,1-12H3. The zero-order chi connectivity index (χ0) is 41.4. The molecule has 2 amide bonds. The first-order valence-electron chi connectivity index (χ1n) is 19.5. The van der Waals surface area contributed by atoms with Crippen LogP contribution in [0.5, 0.6) is 0 Å². The second-order valence-corrected chi connectivity index (χ2v) is 18.3. The number of benzene rings is 2. The van der Waals surface area contributed by atoms with Crippen LogP contribution in [0.15, 0.2) is 36.4 Å². The summed E-state index contributed by atoms with van der Waals surface area (Å²) >= 11 is 0. The lowest BCUT2D eigenvalue weighted by Gasteiger charge is -2.29. The van der Waals surface area contributed by atoms with Crippen LogP contribution in [-0.2, 0) is 56.0 Å². The first kappa shape index (κ1) is 42.1. The third-order valence-corrected chi connectivity index (χ3v) is 8.95. The Morgan fingerprint density at radius 1 is 0.750 bits per heavy atom. The van der Waals surface area contributed by atoms with Gasteiger partial charge in [-0.1, -0.05) is 43.7 Å². The van der Waals surface area contributed by atoms with E-state index in [1.165, 1.54) is 5.56 Å². The molecule has 0 saturated heterocycles. The number of aromatic nitrogens is 3. The lowest BCUT2D eigenvalue weighted by Crippen LogP contribution is -2.44. The molecule has 12 nitrogen and oxygen atoms in total. The van der Waals surface area contributed by atoms with Gasteiger partial charge in [0.15, 0.2) is 5.82 Å². The fourth-order valence-electron chi connectivity index (χ4n) is 6.71. The Labute approximate surface area is 330 Å². The van der Waals surface area contributed by atoms with Crippen LogP contribution in [0.1, 0.15) is 130 Å². The number of unbranched alkanes of at least 4 members (excludes halogenated alkanes) is 1. The molecule has 4 aromatic rings. The highest BCUT2D eigenvalue weighted by Crippen LogP contribution is 2.36. The van der Waals surface area contributed by atoms with Gasteiger partial charge in [0.25, 0.3) is 0 Å². The van der Waals surface area contributed by atoms with E-state index < -0.39 is 40.7 Å². The smallest absolute Gasteiger partial charge is 0.443 e. The Morgan fingerprint density at radius 3 is 1.96 bits per heavy atom. The van der Waals surface area contributed by atoms with E-state index in [1.54, 1.807) is 76.2 Å². The predicted octanol–water partition coefficient (Wildman–Crippen LogP) is 9.98. The van der Waals surface area contributed by atoms with Crippen LogP contribution < -0.4 is 4.90 Å². The molecular weight excluding hydrogens is 713 g/mol. The first-order chi connectivity index (χ1) is 25.9. The van der Waals surface area contributed by atoms with Crippen molar-refractivity contribution in [2.24, 2.45) is 0 Å². The Hall–Kier alpha value is -5.00. The number of Topliss-reactive ketones (excluding diaryl/α,β-unsaturated/α-hetero) is 1. The molecule has 0 atom stereocenters. The summed E-state index contributed by atoms with van der Waals surface area (Å²) in [6.45, 7) is 21.5. The summed E-state index contributed by atoms with van der Waals surface area (Å²) in [4.78, 5) is 64.3. The number of pyridine rings is 1. The van der Waals surface area contributed by atoms with Crippen LogP contribution in [0.25, 0.3) is 21.9 Å². The quantitative estimate of drug-likeness (QED) is 0.119. The van der Waals surface area contributed by atoms with Gasteiger partial charge in [0.05, 0.1) is 17.6 Å². The van der Waals surface area contributed by atoms with E-state index in [2.05, 4.69) is 25.1 Å². The zero-order valence-corrected chi connectivity index (χ0v) is 35.2. The van der Waals surface area contributed by atoms with Crippen molar-refractivity contribution in [1.29, 1.82) is 0 Å². The number of anilines is 1. The molecule has 1 aliphatic rings. The SMILES string of the molecule is CCCCc1nc2c(N(C(=O)OC(C)(C)C)C(=O)OC(C)(C)C)nc3cc(Cc4ccc5c(c4)CC(=O)CC5)ccc3c2n1CC(C)(C)OC(=O)OC(C)(C)C. The molecule has 0 fully saturated rings. The maximum Gasteiger partial charge on any atom is 0.509 e. The number of ether oxygens (including phenoxy) is 4. The number of carbonyl (C=O) groups excluding carboxylic acids is 4. The second kappa shape index (κ2) is 15.9. The number of imidazole rings is 1. The van der Waals surface area contributed by atoms with Crippen LogP contribution in [-0.4, -0.2) is 61.1 Å². The molecule has 2 heterocycles. The van der Waals surface area contributed by atoms with Gasteiger partial charge < -0.3 is 23.5 Å². The maximum atomic E-state index is 14.1. The molecule has 56 heavy (non-hydrogen) atoms. The highest BCUT2D eigenvalue weighted by molar-refractivity contribution is 6.17. The number of ketones is 1. The lowest BCUT2D eigenvalue weighted by molar-refractivity contribution is -0.118. The van der Waals surface area contributed by atoms with Gasteiger partial charge >= 0.3 is 18.3 Å². The minimum Gasteiger partial charge on any atom is -0.443 e. The van der Waals surface area contributed by atoms with Gasteiger partial charge in [-0.05, 0) is 124 Å². The van der Waals surface area contributed by atoms with Crippen LogP contribution >= 0.6 is 0 Å². The van der Waals surface area contributed by atoms with Crippen molar-refractivity contribution in [3.05, 3.63) is 64.5 Å². The molecule has 2 aromatic carbocycles. The number of hydrogen-bond donors (Lipinski definition) is 0. The molecule has 12 heteroatoms. The van der Waals surface area contributed by atoms with Crippen molar-refractivity contribution in [1.82, 2.24) is 14.5 Å². The van der Waals surface area contributed by atoms with Gasteiger partial charge in [0.1, 0.15) is 39.5 Å². The van der Waals surface area contributed by atoms with Crippen molar-refractivity contribution in [2.75, 3.05) is 4.90 Å². The van der Waals surface area contributed by atoms with Crippen LogP contribution in [0.2, 0.25) is 0 Å². The van der Waals surface area contributed by atoms with Crippen molar-refractivity contribution in [2.45, 2.75) is 157 Å². The summed E-state index contributed by atoms with van der Waals surface area (Å²) in [7, 11) is 0. The van der Waals surface area contributed by atoms with Crippen LogP contribution in [0, 0.1) is 0 Å². The predicted molar refractivity (Wildman–Crippen MR) is 216 cm³/mol. The van der Waals surface area contributed by atoms with E-state index in [9.17, 15) is 19.2 Å². The molecule has 0 N–H and O–H groups in total. The van der Waals surface area contributed by atoms with E-state index in [1.807, 2.05) is 22.8 Å². The minimum absolute atomic E-state index is 0.0391. The van der Waals surface area contributed by atoms with Crippen LogP contribution in [0.3, 0.4) is 0 Å². The van der Waals surface area contributed by atoms with Gasteiger partial charge in [-0.3, -0.25) is 4.79 Å². The van der Waals surface area contributed by atoms with Gasteiger partial charge in [-0.25, -0.2) is 24.4 Å². The Morgan fingerprint density at radius 2 is 1.36 bits per heavy atom. The highest BCUT2D eigenvalue weighted by Gasteiger charge is 2.37. The number of amides is 2. The molecule has 0 bridgehead atoms. The van der Waals surface area contributed by atoms with E-state index >= 15 is 0 Å². The summed E-state index contributed by atoms with van der Waals surface area (Å²) in [5.41, 5.74) is 1.93. The number of carbonyl (C=O) groups is 4. The van der Waals surface area contributed by atoms with Gasteiger partial charge in [-0.15, -0.1) is 0 Å². The van der Waals surface area contributed by atoms with Crippen molar-refractivity contribution in [3.8, 4) is 0 Å². The first-order valence-corrected chi connectivity index (χ1v) is 19.5. The molecule has 0 aliphatic heterocycles. The molecule has 0 saturated carbocycles. The number of fused-ring (bicyclic) bond motifs is 4. The topological polar surface area (TPSA) is 139 Å². The maximum absolute atomic E-state index is 14.1. The third kappa shape index (κ3) is 10.6. The zero-order valence-electron chi connectivity index (χ0n) is 35.2. The third-order valence-electron chi connectivity index (χ3n) is 8.95. The van der Waals surface area contributed by atoms with Crippen LogP contribution in [0.4, 0.5) is 20.2 Å². The highest BCUT2D eigenvalue weighted by atomic mass is 16.7. The molecule has 0 unspecified atom stereocenters.